The Morgan fingerprint density at radius 1 is 1.15 bits per heavy atom. The van der Waals surface area contributed by atoms with Crippen LogP contribution in [-0.4, -0.2) is 24.4 Å². The lowest BCUT2D eigenvalue weighted by Crippen LogP contribution is -2.50. The Kier molecular flexibility index (Phi) is 6.30. The maximum absolute atomic E-state index is 14.1. The van der Waals surface area contributed by atoms with Gasteiger partial charge in [-0.2, -0.15) is 0 Å². The zero-order valence-corrected chi connectivity index (χ0v) is 15.2. The molecule has 0 aliphatic rings. The lowest BCUT2D eigenvalue weighted by molar-refractivity contribution is 0.0869. The van der Waals surface area contributed by atoms with Crippen molar-refractivity contribution in [3.05, 3.63) is 59.3 Å². The highest BCUT2D eigenvalue weighted by atomic mass is 19.3. The number of halogens is 3. The fraction of sp³-hybridized carbons (Fsp3) is 0.368. The van der Waals surface area contributed by atoms with Gasteiger partial charge in [0.05, 0.1) is 29.0 Å². The SMILES string of the molecule is CC(C)(C)C(CNC(=O)c1cccc(C(F)F)c1F)NC(=O)c1ccoc1. The molecule has 2 amide bonds. The van der Waals surface area contributed by atoms with E-state index in [9.17, 15) is 22.8 Å². The van der Waals surface area contributed by atoms with Crippen molar-refractivity contribution in [2.24, 2.45) is 5.41 Å². The highest BCUT2D eigenvalue weighted by Crippen LogP contribution is 2.24. The summed E-state index contributed by atoms with van der Waals surface area (Å²) in [5, 5.41) is 5.28. The summed E-state index contributed by atoms with van der Waals surface area (Å²) in [5.41, 5.74) is -1.41. The summed E-state index contributed by atoms with van der Waals surface area (Å²) in [7, 11) is 0. The zero-order chi connectivity index (χ0) is 20.2. The Morgan fingerprint density at radius 2 is 1.85 bits per heavy atom. The van der Waals surface area contributed by atoms with Crippen LogP contribution in [0.25, 0.3) is 0 Å². The van der Waals surface area contributed by atoms with E-state index in [-0.39, 0.29) is 12.5 Å². The Morgan fingerprint density at radius 3 is 2.41 bits per heavy atom. The standard InChI is InChI=1S/C19H21F3N2O3/c1-19(2,3)14(24-17(25)11-7-8-27-10-11)9-23-18(26)13-6-4-5-12(15(13)20)16(21)22/h4-8,10,14,16H,9H2,1-3H3,(H,23,26)(H,24,25). The molecule has 0 aliphatic heterocycles. The molecule has 0 saturated carbocycles. The van der Waals surface area contributed by atoms with Crippen LogP contribution >= 0.6 is 0 Å². The molecule has 2 N–H and O–H groups in total. The number of hydrogen-bond acceptors (Lipinski definition) is 3. The van der Waals surface area contributed by atoms with Crippen molar-refractivity contribution in [2.45, 2.75) is 33.2 Å². The Labute approximate surface area is 154 Å². The van der Waals surface area contributed by atoms with Crippen LogP contribution < -0.4 is 10.6 Å². The third-order valence-electron chi connectivity index (χ3n) is 4.11. The molecular weight excluding hydrogens is 361 g/mol. The first-order valence-corrected chi connectivity index (χ1v) is 8.29. The van der Waals surface area contributed by atoms with Crippen LogP contribution in [0.2, 0.25) is 0 Å². The van der Waals surface area contributed by atoms with Gasteiger partial charge in [0, 0.05) is 6.54 Å². The summed E-state index contributed by atoms with van der Waals surface area (Å²) in [6.07, 6.45) is -0.366. The van der Waals surface area contributed by atoms with Gasteiger partial charge in [-0.25, -0.2) is 13.2 Å². The second-order valence-electron chi connectivity index (χ2n) is 7.12. The van der Waals surface area contributed by atoms with Gasteiger partial charge < -0.3 is 15.1 Å². The number of furan rings is 1. The van der Waals surface area contributed by atoms with Crippen molar-refractivity contribution in [2.75, 3.05) is 6.54 Å². The predicted octanol–water partition coefficient (Wildman–Crippen LogP) is 3.93. The van der Waals surface area contributed by atoms with Gasteiger partial charge in [-0.1, -0.05) is 32.9 Å². The second kappa shape index (κ2) is 8.28. The average molecular weight is 382 g/mol. The maximum atomic E-state index is 14.1. The topological polar surface area (TPSA) is 71.3 Å². The molecule has 2 rings (SSSR count). The van der Waals surface area contributed by atoms with Crippen LogP contribution in [0.5, 0.6) is 0 Å². The largest absolute Gasteiger partial charge is 0.472 e. The van der Waals surface area contributed by atoms with Crippen molar-refractivity contribution in [1.29, 1.82) is 0 Å². The number of carbonyl (C=O) groups is 2. The molecule has 1 aromatic heterocycles. The van der Waals surface area contributed by atoms with Crippen LogP contribution in [0, 0.1) is 11.2 Å². The summed E-state index contributed by atoms with van der Waals surface area (Å²) in [6, 6.07) is 4.26. The van der Waals surface area contributed by atoms with E-state index in [0.29, 0.717) is 5.56 Å². The molecule has 0 saturated heterocycles. The molecule has 0 aliphatic carbocycles. The maximum Gasteiger partial charge on any atom is 0.266 e. The fourth-order valence-electron chi connectivity index (χ4n) is 2.39. The van der Waals surface area contributed by atoms with Crippen molar-refractivity contribution >= 4 is 11.8 Å². The Bertz CT molecular complexity index is 799. The number of rotatable bonds is 6. The van der Waals surface area contributed by atoms with E-state index in [2.05, 4.69) is 10.6 Å². The summed E-state index contributed by atoms with van der Waals surface area (Å²) in [6.45, 7) is 5.57. The first-order chi connectivity index (χ1) is 12.6. The van der Waals surface area contributed by atoms with Gasteiger partial charge in [0.2, 0.25) is 0 Å². The van der Waals surface area contributed by atoms with Crippen molar-refractivity contribution < 1.29 is 27.2 Å². The van der Waals surface area contributed by atoms with Gasteiger partial charge in [-0.05, 0) is 17.5 Å². The zero-order valence-electron chi connectivity index (χ0n) is 15.2. The van der Waals surface area contributed by atoms with Crippen LogP contribution in [0.3, 0.4) is 0 Å². The van der Waals surface area contributed by atoms with Crippen LogP contribution in [0.1, 0.15) is 53.5 Å². The van der Waals surface area contributed by atoms with Crippen molar-refractivity contribution in [3.8, 4) is 0 Å². The first-order valence-electron chi connectivity index (χ1n) is 8.29. The van der Waals surface area contributed by atoms with Crippen LogP contribution in [-0.2, 0) is 0 Å². The van der Waals surface area contributed by atoms with Crippen molar-refractivity contribution in [3.63, 3.8) is 0 Å². The number of hydrogen-bond donors (Lipinski definition) is 2. The molecule has 1 heterocycles. The molecule has 1 aromatic carbocycles. The normalized spacial score (nSPS) is 12.7. The number of amides is 2. The molecule has 146 valence electrons. The number of benzene rings is 1. The molecule has 1 atom stereocenters. The molecule has 2 aromatic rings. The quantitative estimate of drug-likeness (QED) is 0.795. The van der Waals surface area contributed by atoms with E-state index in [4.69, 9.17) is 4.42 Å². The fourth-order valence-corrected chi connectivity index (χ4v) is 2.39. The molecule has 0 radical (unpaired) electrons. The Balaban J connectivity index is 2.10. The number of alkyl halides is 2. The smallest absolute Gasteiger partial charge is 0.266 e. The molecule has 5 nitrogen and oxygen atoms in total. The highest BCUT2D eigenvalue weighted by Gasteiger charge is 2.28. The molecule has 0 bridgehead atoms. The van der Waals surface area contributed by atoms with Gasteiger partial charge in [0.25, 0.3) is 18.2 Å². The van der Waals surface area contributed by atoms with Crippen LogP contribution in [0.4, 0.5) is 13.2 Å². The summed E-state index contributed by atoms with van der Waals surface area (Å²) in [4.78, 5) is 24.5. The second-order valence-corrected chi connectivity index (χ2v) is 7.12. The molecule has 0 fully saturated rings. The lowest BCUT2D eigenvalue weighted by Gasteiger charge is -2.31. The predicted molar refractivity (Wildman–Crippen MR) is 93.1 cm³/mol. The van der Waals surface area contributed by atoms with Gasteiger partial charge in [-0.15, -0.1) is 0 Å². The first kappa shape index (κ1) is 20.5. The Hall–Kier alpha value is -2.77. The summed E-state index contributed by atoms with van der Waals surface area (Å²) < 4.78 is 44.6. The van der Waals surface area contributed by atoms with Crippen LogP contribution in [0.15, 0.2) is 41.2 Å². The molecule has 1 unspecified atom stereocenters. The van der Waals surface area contributed by atoms with E-state index >= 15 is 0 Å². The third-order valence-corrected chi connectivity index (χ3v) is 4.11. The minimum absolute atomic E-state index is 0.00965. The van der Waals surface area contributed by atoms with E-state index in [1.807, 2.05) is 20.8 Å². The van der Waals surface area contributed by atoms with E-state index < -0.39 is 40.7 Å². The minimum atomic E-state index is -3.02. The van der Waals surface area contributed by atoms with Gasteiger partial charge in [0.1, 0.15) is 12.1 Å². The van der Waals surface area contributed by atoms with Gasteiger partial charge in [-0.3, -0.25) is 9.59 Å². The van der Waals surface area contributed by atoms with Crippen molar-refractivity contribution in [1.82, 2.24) is 10.6 Å². The van der Waals surface area contributed by atoms with E-state index in [0.717, 1.165) is 12.1 Å². The monoisotopic (exact) mass is 382 g/mol. The minimum Gasteiger partial charge on any atom is -0.472 e. The van der Waals surface area contributed by atoms with Gasteiger partial charge in [0.15, 0.2) is 0 Å². The van der Waals surface area contributed by atoms with E-state index in [1.54, 1.807) is 0 Å². The summed E-state index contributed by atoms with van der Waals surface area (Å²) >= 11 is 0. The van der Waals surface area contributed by atoms with Gasteiger partial charge >= 0.3 is 0 Å². The third kappa shape index (κ3) is 5.12. The average Bonchev–Trinajstić information content (AvgIpc) is 3.11. The number of carbonyl (C=O) groups excluding carboxylic acids is 2. The lowest BCUT2D eigenvalue weighted by atomic mass is 9.86. The molecule has 0 spiro atoms. The highest BCUT2D eigenvalue weighted by molar-refractivity contribution is 5.95. The molecular formula is C19H21F3N2O3. The molecule has 27 heavy (non-hydrogen) atoms. The molecule has 8 heteroatoms. The summed E-state index contributed by atoms with van der Waals surface area (Å²) in [5.74, 6) is -2.47. The van der Waals surface area contributed by atoms with E-state index in [1.165, 1.54) is 24.7 Å². The number of nitrogens with one attached hydrogen (secondary N) is 2.